The molecular formula is C18H17F5N6OS. The Kier molecular flexibility index (Phi) is 6.21. The Morgan fingerprint density at radius 1 is 1.16 bits per heavy atom. The summed E-state index contributed by atoms with van der Waals surface area (Å²) < 4.78 is 69.8. The summed E-state index contributed by atoms with van der Waals surface area (Å²) in [5, 5.41) is 21.4. The van der Waals surface area contributed by atoms with E-state index in [9.17, 15) is 27.1 Å². The van der Waals surface area contributed by atoms with E-state index in [2.05, 4.69) is 20.4 Å². The van der Waals surface area contributed by atoms with E-state index < -0.39 is 34.7 Å². The first kappa shape index (κ1) is 22.9. The number of hydrogen-bond acceptors (Lipinski definition) is 7. The Hall–Kier alpha value is -2.77. The first-order valence-corrected chi connectivity index (χ1v) is 9.58. The number of aliphatic hydroxyl groups is 1. The maximum Gasteiger partial charge on any atom is 0.419 e. The standard InChI is InChI=1S/C18H17F5N6OS/c1-17(2,30)8-29-7-9(5-26-29)15-10(18(21,22)23)6-25-16(28-15)27-11-3-4-12(31-24)14(20)13(11)19/h3-7,30H,8,24H2,1-2H3,(H,25,27,28). The first-order valence-electron chi connectivity index (χ1n) is 8.70. The summed E-state index contributed by atoms with van der Waals surface area (Å²) in [7, 11) is 0. The van der Waals surface area contributed by atoms with Crippen LogP contribution in [-0.4, -0.2) is 30.5 Å². The lowest BCUT2D eigenvalue weighted by molar-refractivity contribution is -0.137. The van der Waals surface area contributed by atoms with Crippen LogP contribution in [0.4, 0.5) is 33.6 Å². The van der Waals surface area contributed by atoms with Gasteiger partial charge in [0.1, 0.15) is 5.56 Å². The fourth-order valence-corrected chi connectivity index (χ4v) is 3.02. The van der Waals surface area contributed by atoms with Crippen LogP contribution in [0.15, 0.2) is 35.6 Å². The Labute approximate surface area is 177 Å². The number of aromatic nitrogens is 4. The number of nitrogens with zero attached hydrogens (tertiary/aromatic N) is 4. The molecule has 31 heavy (non-hydrogen) atoms. The molecule has 0 bridgehead atoms. The van der Waals surface area contributed by atoms with Crippen LogP contribution in [0.5, 0.6) is 0 Å². The van der Waals surface area contributed by atoms with Crippen molar-refractivity contribution in [3.63, 3.8) is 0 Å². The number of benzene rings is 1. The molecule has 0 fully saturated rings. The third kappa shape index (κ3) is 5.29. The summed E-state index contributed by atoms with van der Waals surface area (Å²) in [6, 6.07) is 2.37. The minimum atomic E-state index is -4.77. The quantitative estimate of drug-likeness (QED) is 0.376. The highest BCUT2D eigenvalue weighted by molar-refractivity contribution is 7.97. The molecule has 2 aromatic heterocycles. The van der Waals surface area contributed by atoms with E-state index in [0.717, 1.165) is 12.3 Å². The summed E-state index contributed by atoms with van der Waals surface area (Å²) >= 11 is 0.509. The smallest absolute Gasteiger partial charge is 0.389 e. The monoisotopic (exact) mass is 460 g/mol. The molecule has 3 aromatic rings. The molecule has 0 radical (unpaired) electrons. The molecule has 0 spiro atoms. The minimum absolute atomic E-state index is 0.00329. The zero-order valence-electron chi connectivity index (χ0n) is 16.2. The van der Waals surface area contributed by atoms with Gasteiger partial charge in [-0.05, 0) is 37.9 Å². The maximum atomic E-state index is 14.2. The highest BCUT2D eigenvalue weighted by Gasteiger charge is 2.36. The molecule has 0 amide bonds. The van der Waals surface area contributed by atoms with E-state index in [0.29, 0.717) is 18.1 Å². The van der Waals surface area contributed by atoms with Crippen LogP contribution in [-0.2, 0) is 12.7 Å². The molecule has 0 atom stereocenters. The van der Waals surface area contributed by atoms with Crippen LogP contribution in [0.25, 0.3) is 11.3 Å². The molecule has 7 nitrogen and oxygen atoms in total. The normalized spacial score (nSPS) is 12.3. The van der Waals surface area contributed by atoms with E-state index in [1.54, 1.807) is 0 Å². The number of nitrogens with one attached hydrogen (secondary N) is 1. The zero-order chi connectivity index (χ0) is 23.0. The van der Waals surface area contributed by atoms with Crippen molar-refractivity contribution in [1.29, 1.82) is 0 Å². The Balaban J connectivity index is 2.02. The van der Waals surface area contributed by atoms with Gasteiger partial charge in [0.15, 0.2) is 11.6 Å². The van der Waals surface area contributed by atoms with Gasteiger partial charge in [0.25, 0.3) is 0 Å². The third-order valence-electron chi connectivity index (χ3n) is 3.97. The third-order valence-corrected chi connectivity index (χ3v) is 4.54. The molecule has 4 N–H and O–H groups in total. The Morgan fingerprint density at radius 2 is 1.87 bits per heavy atom. The molecule has 0 saturated carbocycles. The minimum Gasteiger partial charge on any atom is -0.389 e. The molecule has 2 heterocycles. The summed E-state index contributed by atoms with van der Waals surface area (Å²) in [5.74, 6) is -2.87. The zero-order valence-corrected chi connectivity index (χ0v) is 17.0. The van der Waals surface area contributed by atoms with Crippen molar-refractivity contribution in [2.75, 3.05) is 5.32 Å². The van der Waals surface area contributed by atoms with Crippen LogP contribution in [0.3, 0.4) is 0 Å². The molecule has 1 aromatic carbocycles. The topological polar surface area (TPSA) is 102 Å². The van der Waals surface area contributed by atoms with Crippen molar-refractivity contribution in [3.8, 4) is 11.3 Å². The van der Waals surface area contributed by atoms with Crippen molar-refractivity contribution in [1.82, 2.24) is 19.7 Å². The summed E-state index contributed by atoms with van der Waals surface area (Å²) in [6.45, 7) is 3.06. The lowest BCUT2D eigenvalue weighted by atomic mass is 10.1. The second kappa shape index (κ2) is 8.40. The average Bonchev–Trinajstić information content (AvgIpc) is 3.11. The van der Waals surface area contributed by atoms with Gasteiger partial charge in [0.05, 0.1) is 34.6 Å². The van der Waals surface area contributed by atoms with Gasteiger partial charge in [0, 0.05) is 18.0 Å². The highest BCUT2D eigenvalue weighted by atomic mass is 32.2. The largest absolute Gasteiger partial charge is 0.419 e. The summed E-state index contributed by atoms with van der Waals surface area (Å²) in [5.41, 5.74) is -3.17. The second-order valence-electron chi connectivity index (χ2n) is 7.17. The highest BCUT2D eigenvalue weighted by Crippen LogP contribution is 2.36. The van der Waals surface area contributed by atoms with Gasteiger partial charge in [-0.25, -0.2) is 18.7 Å². The number of hydrogen-bond donors (Lipinski definition) is 3. The number of rotatable bonds is 6. The van der Waals surface area contributed by atoms with Gasteiger partial charge >= 0.3 is 6.18 Å². The van der Waals surface area contributed by atoms with E-state index in [-0.39, 0.29) is 28.6 Å². The summed E-state index contributed by atoms with van der Waals surface area (Å²) in [6.07, 6.45) is -1.80. The van der Waals surface area contributed by atoms with Crippen molar-refractivity contribution in [2.24, 2.45) is 5.14 Å². The second-order valence-corrected chi connectivity index (χ2v) is 7.85. The van der Waals surface area contributed by atoms with E-state index in [4.69, 9.17) is 5.14 Å². The van der Waals surface area contributed by atoms with Crippen molar-refractivity contribution < 1.29 is 27.1 Å². The molecule has 0 aliphatic heterocycles. The van der Waals surface area contributed by atoms with E-state index in [1.165, 1.54) is 30.8 Å². The van der Waals surface area contributed by atoms with Crippen molar-refractivity contribution >= 4 is 23.6 Å². The maximum absolute atomic E-state index is 14.2. The van der Waals surface area contributed by atoms with Crippen LogP contribution >= 0.6 is 11.9 Å². The fraction of sp³-hybridized carbons (Fsp3) is 0.278. The van der Waals surface area contributed by atoms with Crippen molar-refractivity contribution in [2.45, 2.75) is 37.1 Å². The Morgan fingerprint density at radius 3 is 2.48 bits per heavy atom. The molecule has 3 rings (SSSR count). The molecule has 13 heteroatoms. The lowest BCUT2D eigenvalue weighted by Crippen LogP contribution is -2.26. The summed E-state index contributed by atoms with van der Waals surface area (Å²) in [4.78, 5) is 7.29. The van der Waals surface area contributed by atoms with Gasteiger partial charge in [-0.15, -0.1) is 0 Å². The van der Waals surface area contributed by atoms with Gasteiger partial charge in [-0.1, -0.05) is 0 Å². The fourth-order valence-electron chi connectivity index (χ4n) is 2.68. The molecule has 0 saturated heterocycles. The number of nitrogens with two attached hydrogens (primary N) is 1. The lowest BCUT2D eigenvalue weighted by Gasteiger charge is -2.16. The molecular weight excluding hydrogens is 443 g/mol. The van der Waals surface area contributed by atoms with Crippen LogP contribution in [0.1, 0.15) is 19.4 Å². The van der Waals surface area contributed by atoms with Gasteiger partial charge in [0.2, 0.25) is 5.95 Å². The van der Waals surface area contributed by atoms with Crippen LogP contribution < -0.4 is 10.5 Å². The molecule has 0 aliphatic carbocycles. The average molecular weight is 460 g/mol. The molecule has 0 aliphatic rings. The van der Waals surface area contributed by atoms with Crippen LogP contribution in [0, 0.1) is 11.6 Å². The molecule has 166 valence electrons. The van der Waals surface area contributed by atoms with E-state index in [1.807, 2.05) is 0 Å². The van der Waals surface area contributed by atoms with Crippen LogP contribution in [0.2, 0.25) is 0 Å². The number of alkyl halides is 3. The van der Waals surface area contributed by atoms with Gasteiger partial charge in [-0.3, -0.25) is 9.82 Å². The first-order chi connectivity index (χ1) is 14.4. The van der Waals surface area contributed by atoms with E-state index >= 15 is 0 Å². The Bertz CT molecular complexity index is 1100. The number of halogens is 5. The SMILES string of the molecule is CC(C)(O)Cn1cc(-c2nc(Nc3ccc(SN)c(F)c3F)ncc2C(F)(F)F)cn1. The van der Waals surface area contributed by atoms with Gasteiger partial charge in [-0.2, -0.15) is 18.3 Å². The predicted octanol–water partition coefficient (Wildman–Crippen LogP) is 4.12. The number of anilines is 2. The predicted molar refractivity (Wildman–Crippen MR) is 104 cm³/mol. The van der Waals surface area contributed by atoms with Gasteiger partial charge < -0.3 is 10.4 Å². The van der Waals surface area contributed by atoms with Crippen molar-refractivity contribution in [3.05, 3.63) is 47.9 Å². The molecule has 0 unspecified atom stereocenters.